The fourth-order valence-electron chi connectivity index (χ4n) is 4.24. The Labute approximate surface area is 212 Å². The molecule has 1 heterocycles. The van der Waals surface area contributed by atoms with E-state index in [0.717, 1.165) is 23.3 Å². The van der Waals surface area contributed by atoms with Gasteiger partial charge in [-0.2, -0.15) is 13.2 Å². The van der Waals surface area contributed by atoms with Crippen LogP contribution in [0.15, 0.2) is 78.9 Å². The number of rotatable bonds is 7. The van der Waals surface area contributed by atoms with Crippen LogP contribution in [-0.2, 0) is 30.6 Å². The van der Waals surface area contributed by atoms with Crippen LogP contribution in [0.25, 0.3) is 0 Å². The third-order valence-corrected chi connectivity index (χ3v) is 6.41. The number of aliphatic hydroxyl groups excluding tert-OH is 1. The van der Waals surface area contributed by atoms with E-state index in [-0.39, 0.29) is 26.2 Å². The molecule has 0 aromatic heterocycles. The molecule has 5 nitrogen and oxygen atoms in total. The number of β-amino-alcohol motifs (C(OH)–C–C–N with tert-alkyl or cyclic N) is 1. The predicted molar refractivity (Wildman–Crippen MR) is 130 cm³/mol. The number of likely N-dealkylation sites (tertiary alicyclic amines) is 1. The van der Waals surface area contributed by atoms with E-state index < -0.39 is 30.0 Å². The largest absolute Gasteiger partial charge is 0.445 e. The van der Waals surface area contributed by atoms with Gasteiger partial charge in [0, 0.05) is 24.7 Å². The number of hydrogen-bond acceptors (Lipinski definition) is 4. The standard InChI is InChI=1S/C27H26ClF3N2O3/c28-23-12-8-20(9-13-23)15-32(14-19-6-10-22(11-7-19)27(29,30)31)24-16-33(17-25(24)34)26(35)36-18-21-4-2-1-3-5-21/h1-13,24-25,34H,14-18H2/t24-,25-/m1/s1. The molecule has 0 aliphatic carbocycles. The molecule has 1 aliphatic heterocycles. The van der Waals surface area contributed by atoms with Crippen molar-refractivity contribution in [2.24, 2.45) is 0 Å². The van der Waals surface area contributed by atoms with Crippen LogP contribution in [0.1, 0.15) is 22.3 Å². The Balaban J connectivity index is 1.48. The normalized spacial score (nSPS) is 18.0. The van der Waals surface area contributed by atoms with Gasteiger partial charge >= 0.3 is 12.3 Å². The molecule has 190 valence electrons. The number of aliphatic hydroxyl groups is 1. The zero-order chi connectivity index (χ0) is 25.7. The highest BCUT2D eigenvalue weighted by Crippen LogP contribution is 2.30. The molecule has 1 N–H and O–H groups in total. The Hall–Kier alpha value is -3.07. The van der Waals surface area contributed by atoms with E-state index in [2.05, 4.69) is 0 Å². The molecule has 1 aliphatic rings. The first-order valence-corrected chi connectivity index (χ1v) is 11.8. The maximum atomic E-state index is 13.0. The number of carbonyl (C=O) groups is 1. The first-order valence-electron chi connectivity index (χ1n) is 11.5. The van der Waals surface area contributed by atoms with Crippen molar-refractivity contribution in [1.82, 2.24) is 9.80 Å². The summed E-state index contributed by atoms with van der Waals surface area (Å²) in [4.78, 5) is 16.1. The fraction of sp³-hybridized carbons (Fsp3) is 0.296. The number of amides is 1. The smallest absolute Gasteiger partial charge is 0.416 e. The van der Waals surface area contributed by atoms with Gasteiger partial charge in [0.1, 0.15) is 6.61 Å². The van der Waals surface area contributed by atoms with Gasteiger partial charge in [0.15, 0.2) is 0 Å². The maximum absolute atomic E-state index is 13.0. The van der Waals surface area contributed by atoms with Crippen LogP contribution in [0.5, 0.6) is 0 Å². The molecule has 0 spiro atoms. The predicted octanol–water partition coefficient (Wildman–Crippen LogP) is 5.74. The van der Waals surface area contributed by atoms with Gasteiger partial charge in [0.2, 0.25) is 0 Å². The molecule has 3 aromatic carbocycles. The molecule has 2 atom stereocenters. The summed E-state index contributed by atoms with van der Waals surface area (Å²) in [7, 11) is 0. The summed E-state index contributed by atoms with van der Waals surface area (Å²) < 4.78 is 44.4. The number of ether oxygens (including phenoxy) is 1. The molecule has 1 fully saturated rings. The average Bonchev–Trinajstić information content (AvgIpc) is 3.25. The molecule has 0 unspecified atom stereocenters. The van der Waals surface area contributed by atoms with Gasteiger partial charge < -0.3 is 14.7 Å². The maximum Gasteiger partial charge on any atom is 0.416 e. The van der Waals surface area contributed by atoms with Gasteiger partial charge in [0.05, 0.1) is 24.3 Å². The summed E-state index contributed by atoms with van der Waals surface area (Å²) in [5.41, 5.74) is 1.72. The van der Waals surface area contributed by atoms with Gasteiger partial charge in [-0.3, -0.25) is 4.90 Å². The molecule has 9 heteroatoms. The summed E-state index contributed by atoms with van der Waals surface area (Å²) in [6.45, 7) is 1.14. The molecule has 0 radical (unpaired) electrons. The molecule has 36 heavy (non-hydrogen) atoms. The molecule has 1 amide bonds. The first kappa shape index (κ1) is 26.0. The van der Waals surface area contributed by atoms with E-state index in [9.17, 15) is 23.1 Å². The van der Waals surface area contributed by atoms with Crippen LogP contribution >= 0.6 is 11.6 Å². The summed E-state index contributed by atoms with van der Waals surface area (Å²) >= 11 is 6.00. The topological polar surface area (TPSA) is 53.0 Å². The van der Waals surface area contributed by atoms with E-state index in [1.165, 1.54) is 17.0 Å². The van der Waals surface area contributed by atoms with Crippen molar-refractivity contribution in [3.05, 3.63) is 106 Å². The summed E-state index contributed by atoms with van der Waals surface area (Å²) in [5.74, 6) is 0. The minimum Gasteiger partial charge on any atom is -0.445 e. The molecular formula is C27H26ClF3N2O3. The minimum absolute atomic E-state index is 0.0996. The van der Waals surface area contributed by atoms with Crippen LogP contribution in [0.4, 0.5) is 18.0 Å². The molecule has 4 rings (SSSR count). The number of nitrogens with zero attached hydrogens (tertiary/aromatic N) is 2. The quantitative estimate of drug-likeness (QED) is 0.433. The highest BCUT2D eigenvalue weighted by molar-refractivity contribution is 6.30. The van der Waals surface area contributed by atoms with Gasteiger partial charge in [-0.25, -0.2) is 4.79 Å². The van der Waals surface area contributed by atoms with Crippen LogP contribution in [0, 0.1) is 0 Å². The van der Waals surface area contributed by atoms with Crippen LogP contribution in [-0.4, -0.2) is 46.2 Å². The number of halogens is 4. The third kappa shape index (κ3) is 6.78. The fourth-order valence-corrected chi connectivity index (χ4v) is 4.36. The van der Waals surface area contributed by atoms with Gasteiger partial charge in [-0.1, -0.05) is 66.2 Å². The lowest BCUT2D eigenvalue weighted by atomic mass is 10.1. The van der Waals surface area contributed by atoms with Crippen LogP contribution in [0.3, 0.4) is 0 Å². The van der Waals surface area contributed by atoms with Crippen molar-refractivity contribution in [3.63, 3.8) is 0 Å². The molecule has 3 aromatic rings. The van der Waals surface area contributed by atoms with Gasteiger partial charge in [-0.15, -0.1) is 0 Å². The van der Waals surface area contributed by atoms with Crippen LogP contribution < -0.4 is 0 Å². The Bertz CT molecular complexity index is 1140. The van der Waals surface area contributed by atoms with Gasteiger partial charge in [-0.05, 0) is 41.0 Å². The number of benzene rings is 3. The highest BCUT2D eigenvalue weighted by atomic mass is 35.5. The van der Waals surface area contributed by atoms with Crippen molar-refractivity contribution in [2.45, 2.75) is 38.0 Å². The second-order valence-corrected chi connectivity index (χ2v) is 9.24. The zero-order valence-corrected chi connectivity index (χ0v) is 20.1. The zero-order valence-electron chi connectivity index (χ0n) is 19.4. The minimum atomic E-state index is -4.41. The van der Waals surface area contributed by atoms with Crippen molar-refractivity contribution in [1.29, 1.82) is 0 Å². The Morgan fingerprint density at radius 2 is 1.50 bits per heavy atom. The second-order valence-electron chi connectivity index (χ2n) is 8.81. The second kappa shape index (κ2) is 11.3. The number of alkyl halides is 3. The molecule has 0 bridgehead atoms. The summed E-state index contributed by atoms with van der Waals surface area (Å²) in [5, 5.41) is 11.4. The Kier molecular flexibility index (Phi) is 8.18. The molecule has 1 saturated heterocycles. The number of carbonyl (C=O) groups excluding carboxylic acids is 1. The lowest BCUT2D eigenvalue weighted by molar-refractivity contribution is -0.137. The SMILES string of the molecule is O=C(OCc1ccccc1)N1C[C@@H](O)[C@H](N(Cc2ccc(Cl)cc2)Cc2ccc(C(F)(F)F)cc2)C1. The van der Waals surface area contributed by atoms with Crippen LogP contribution in [0.2, 0.25) is 5.02 Å². The van der Waals surface area contributed by atoms with Crippen molar-refractivity contribution >= 4 is 17.7 Å². The highest BCUT2D eigenvalue weighted by Gasteiger charge is 2.38. The third-order valence-electron chi connectivity index (χ3n) is 6.16. The summed E-state index contributed by atoms with van der Waals surface area (Å²) in [6, 6.07) is 21.0. The monoisotopic (exact) mass is 518 g/mol. The first-order chi connectivity index (χ1) is 17.2. The molecule has 0 saturated carbocycles. The Morgan fingerprint density at radius 3 is 2.08 bits per heavy atom. The number of hydrogen-bond donors (Lipinski definition) is 1. The van der Waals surface area contributed by atoms with E-state index in [4.69, 9.17) is 16.3 Å². The van der Waals surface area contributed by atoms with Gasteiger partial charge in [0.25, 0.3) is 0 Å². The average molecular weight is 519 g/mol. The Morgan fingerprint density at radius 1 is 0.917 bits per heavy atom. The lowest BCUT2D eigenvalue weighted by Gasteiger charge is -2.31. The van der Waals surface area contributed by atoms with E-state index in [0.29, 0.717) is 17.1 Å². The van der Waals surface area contributed by atoms with Crippen molar-refractivity contribution in [2.75, 3.05) is 13.1 Å². The summed E-state index contributed by atoms with van der Waals surface area (Å²) in [6.07, 6.45) is -5.79. The van der Waals surface area contributed by atoms with E-state index in [1.54, 1.807) is 12.1 Å². The lowest BCUT2D eigenvalue weighted by Crippen LogP contribution is -2.42. The van der Waals surface area contributed by atoms with Crippen molar-refractivity contribution in [3.8, 4) is 0 Å². The molecular weight excluding hydrogens is 493 g/mol. The van der Waals surface area contributed by atoms with Crippen molar-refractivity contribution < 1.29 is 27.8 Å². The van der Waals surface area contributed by atoms with E-state index >= 15 is 0 Å². The van der Waals surface area contributed by atoms with E-state index in [1.807, 2.05) is 47.4 Å².